The minimum absolute atomic E-state index is 0.127. The third kappa shape index (κ3) is 63.0. The van der Waals surface area contributed by atoms with E-state index in [2.05, 4.69) is 215 Å². The SMILES string of the molecule is CC/C=C\C/C=C\C/C=C\C/C=C\C/C=C\C/C=C\C/C=C\CCCCCCCC(=O)OCC(COC(=O)CCCCC/C=C\C/C=C\C/C=C\CC)OC(=O)CCCC/C=C\C/C=C\C/C=C\C/C=C\C/C=C\C/C=C\CC. The van der Waals surface area contributed by atoms with E-state index in [4.69, 9.17) is 14.2 Å². The fraction of sp³-hybridized carbons (Fsp3) is 0.521. The molecular formula is C73H110O6. The van der Waals surface area contributed by atoms with Crippen LogP contribution in [0.2, 0.25) is 0 Å². The minimum Gasteiger partial charge on any atom is -0.462 e. The number of rotatable bonds is 53. The van der Waals surface area contributed by atoms with Gasteiger partial charge in [0, 0.05) is 19.3 Å². The molecule has 0 saturated carbocycles. The highest BCUT2D eigenvalue weighted by atomic mass is 16.6. The predicted octanol–water partition coefficient (Wildman–Crippen LogP) is 21.4. The van der Waals surface area contributed by atoms with Crippen molar-refractivity contribution >= 4 is 17.9 Å². The minimum atomic E-state index is -0.835. The van der Waals surface area contributed by atoms with E-state index in [1.54, 1.807) is 0 Å². The van der Waals surface area contributed by atoms with Gasteiger partial charge >= 0.3 is 17.9 Å². The first kappa shape index (κ1) is 73.2. The zero-order valence-electron chi connectivity index (χ0n) is 50.0. The van der Waals surface area contributed by atoms with E-state index in [1.165, 1.54) is 0 Å². The second kappa shape index (κ2) is 64.8. The van der Waals surface area contributed by atoms with Crippen molar-refractivity contribution in [3.05, 3.63) is 194 Å². The third-order valence-electron chi connectivity index (χ3n) is 12.1. The highest BCUT2D eigenvalue weighted by Gasteiger charge is 2.19. The summed E-state index contributed by atoms with van der Waals surface area (Å²) in [6.07, 6.45) is 98.6. The van der Waals surface area contributed by atoms with Gasteiger partial charge in [-0.25, -0.2) is 0 Å². The largest absolute Gasteiger partial charge is 0.462 e. The highest BCUT2D eigenvalue weighted by Crippen LogP contribution is 2.12. The van der Waals surface area contributed by atoms with Gasteiger partial charge in [0.25, 0.3) is 0 Å². The van der Waals surface area contributed by atoms with Crippen LogP contribution in [0.25, 0.3) is 0 Å². The Morgan fingerprint density at radius 2 is 0.456 bits per heavy atom. The summed E-state index contributed by atoms with van der Waals surface area (Å²) in [6.45, 7) is 6.20. The summed E-state index contributed by atoms with van der Waals surface area (Å²) in [5.41, 5.74) is 0. The predicted molar refractivity (Wildman–Crippen MR) is 343 cm³/mol. The fourth-order valence-corrected chi connectivity index (χ4v) is 7.56. The van der Waals surface area contributed by atoms with Crippen molar-refractivity contribution in [2.75, 3.05) is 13.2 Å². The molecule has 79 heavy (non-hydrogen) atoms. The summed E-state index contributed by atoms with van der Waals surface area (Å²) in [5, 5.41) is 0. The zero-order chi connectivity index (χ0) is 57.1. The van der Waals surface area contributed by atoms with Crippen LogP contribution in [0.5, 0.6) is 0 Å². The van der Waals surface area contributed by atoms with E-state index in [0.29, 0.717) is 19.3 Å². The first-order valence-corrected chi connectivity index (χ1v) is 30.9. The van der Waals surface area contributed by atoms with Gasteiger partial charge in [0.05, 0.1) is 0 Å². The summed E-state index contributed by atoms with van der Waals surface area (Å²) in [5.74, 6) is -1.03. The Morgan fingerprint density at radius 1 is 0.253 bits per heavy atom. The molecule has 0 amide bonds. The lowest BCUT2D eigenvalue weighted by Gasteiger charge is -2.18. The van der Waals surface area contributed by atoms with Gasteiger partial charge in [-0.2, -0.15) is 0 Å². The topological polar surface area (TPSA) is 78.9 Å². The summed E-state index contributed by atoms with van der Waals surface area (Å²) in [6, 6.07) is 0. The lowest BCUT2D eigenvalue weighted by molar-refractivity contribution is -0.167. The number of hydrogen-bond donors (Lipinski definition) is 0. The number of carbonyl (C=O) groups excluding carboxylic acids is 3. The van der Waals surface area contributed by atoms with Gasteiger partial charge in [0.2, 0.25) is 0 Å². The van der Waals surface area contributed by atoms with Gasteiger partial charge in [-0.1, -0.05) is 241 Å². The van der Waals surface area contributed by atoms with E-state index in [9.17, 15) is 14.4 Å². The molecule has 0 aliphatic heterocycles. The number of allylic oxidation sites excluding steroid dienone is 32. The molecule has 0 heterocycles. The lowest BCUT2D eigenvalue weighted by Crippen LogP contribution is -2.30. The molecule has 0 N–H and O–H groups in total. The molecule has 0 radical (unpaired) electrons. The first-order chi connectivity index (χ1) is 39.0. The van der Waals surface area contributed by atoms with E-state index < -0.39 is 6.10 Å². The summed E-state index contributed by atoms with van der Waals surface area (Å²) < 4.78 is 16.8. The van der Waals surface area contributed by atoms with Gasteiger partial charge < -0.3 is 14.2 Å². The number of carbonyl (C=O) groups is 3. The lowest BCUT2D eigenvalue weighted by atomic mass is 10.1. The van der Waals surface area contributed by atoms with Crippen molar-refractivity contribution < 1.29 is 28.6 Å². The van der Waals surface area contributed by atoms with Crippen LogP contribution in [0.15, 0.2) is 194 Å². The maximum Gasteiger partial charge on any atom is 0.306 e. The number of unbranched alkanes of at least 4 members (excludes halogenated alkanes) is 10. The molecule has 0 fully saturated rings. The highest BCUT2D eigenvalue weighted by molar-refractivity contribution is 5.71. The van der Waals surface area contributed by atoms with E-state index in [-0.39, 0.29) is 37.5 Å². The summed E-state index contributed by atoms with van der Waals surface area (Å²) in [4.78, 5) is 38.3. The maximum absolute atomic E-state index is 12.9. The molecule has 0 spiro atoms. The Bertz CT molecular complexity index is 1920. The molecule has 0 saturated heterocycles. The molecule has 0 aromatic heterocycles. The van der Waals surface area contributed by atoms with Crippen molar-refractivity contribution in [3.8, 4) is 0 Å². The van der Waals surface area contributed by atoms with Crippen molar-refractivity contribution in [2.45, 2.75) is 232 Å². The summed E-state index contributed by atoms with van der Waals surface area (Å²) >= 11 is 0. The monoisotopic (exact) mass is 1080 g/mol. The van der Waals surface area contributed by atoms with Gasteiger partial charge in [-0.15, -0.1) is 0 Å². The number of hydrogen-bond acceptors (Lipinski definition) is 6. The van der Waals surface area contributed by atoms with Gasteiger partial charge in [-0.3, -0.25) is 14.4 Å². The molecule has 438 valence electrons. The number of ether oxygens (including phenoxy) is 3. The molecule has 6 nitrogen and oxygen atoms in total. The van der Waals surface area contributed by atoms with E-state index >= 15 is 0 Å². The van der Waals surface area contributed by atoms with Crippen molar-refractivity contribution in [3.63, 3.8) is 0 Å². The normalized spacial score (nSPS) is 13.5. The Labute approximate surface area is 484 Å². The van der Waals surface area contributed by atoms with Crippen LogP contribution in [-0.2, 0) is 28.6 Å². The van der Waals surface area contributed by atoms with Crippen LogP contribution in [-0.4, -0.2) is 37.2 Å². The second-order valence-corrected chi connectivity index (χ2v) is 19.5. The smallest absolute Gasteiger partial charge is 0.306 e. The Morgan fingerprint density at radius 3 is 0.747 bits per heavy atom. The first-order valence-electron chi connectivity index (χ1n) is 30.9. The zero-order valence-corrected chi connectivity index (χ0v) is 50.0. The average Bonchev–Trinajstić information content (AvgIpc) is 3.45. The maximum atomic E-state index is 12.9. The molecule has 6 heteroatoms. The third-order valence-corrected chi connectivity index (χ3v) is 12.1. The molecule has 0 aliphatic carbocycles. The Hall–Kier alpha value is -5.75. The molecule has 1 unspecified atom stereocenters. The molecule has 0 rings (SSSR count). The number of esters is 3. The van der Waals surface area contributed by atoms with Gasteiger partial charge in [-0.05, 0) is 161 Å². The van der Waals surface area contributed by atoms with Crippen LogP contribution < -0.4 is 0 Å². The van der Waals surface area contributed by atoms with Crippen molar-refractivity contribution in [2.24, 2.45) is 0 Å². The van der Waals surface area contributed by atoms with Crippen LogP contribution in [0.1, 0.15) is 226 Å². The van der Waals surface area contributed by atoms with Crippen LogP contribution in [0.4, 0.5) is 0 Å². The van der Waals surface area contributed by atoms with Gasteiger partial charge in [0.15, 0.2) is 6.10 Å². The van der Waals surface area contributed by atoms with Crippen LogP contribution >= 0.6 is 0 Å². The van der Waals surface area contributed by atoms with Crippen molar-refractivity contribution in [1.82, 2.24) is 0 Å². The van der Waals surface area contributed by atoms with E-state index in [0.717, 1.165) is 180 Å². The van der Waals surface area contributed by atoms with E-state index in [1.807, 2.05) is 0 Å². The molecular weight excluding hydrogens is 973 g/mol. The Kier molecular flexibility index (Phi) is 60.1. The average molecular weight is 1080 g/mol. The quantitative estimate of drug-likeness (QED) is 0.0261. The van der Waals surface area contributed by atoms with Crippen LogP contribution in [0.3, 0.4) is 0 Å². The van der Waals surface area contributed by atoms with Crippen molar-refractivity contribution in [1.29, 1.82) is 0 Å². The standard InChI is InChI=1S/C73H110O6/c1-4-7-10-13-16-19-22-25-27-29-31-33-34-35-36-37-38-40-41-43-45-48-51-54-57-60-63-66-72(75)78-69-70(68-77-71(74)65-62-59-56-53-50-47-24-21-18-15-12-9-6-3)79-73(76)67-64-61-58-55-52-49-46-44-42-39-32-30-28-26-23-20-17-14-11-8-5-2/h7-12,16-21,25-28,31-33,35-36,38-40,43-47,50,52,55,70H,4-6,13-15,22-24,29-30,34,37,41-42,48-49,51,53-54,56-69H2,1-3H3/b10-7-,11-8-,12-9-,19-16-,20-17-,21-18-,27-25-,28-26-,33-31-,36-35-,39-32-,40-38-,45-43-,46-44-,50-47-,55-52-. The molecule has 1 atom stereocenters. The second-order valence-electron chi connectivity index (χ2n) is 19.5. The fourth-order valence-electron chi connectivity index (χ4n) is 7.56. The molecule has 0 aromatic rings. The Balaban J connectivity index is 4.52. The molecule has 0 aromatic carbocycles. The molecule has 0 bridgehead atoms. The van der Waals surface area contributed by atoms with Gasteiger partial charge in [0.1, 0.15) is 13.2 Å². The van der Waals surface area contributed by atoms with Crippen LogP contribution in [0, 0.1) is 0 Å². The summed E-state index contributed by atoms with van der Waals surface area (Å²) in [7, 11) is 0. The molecule has 0 aliphatic rings.